The molecule has 0 nitrogen and oxygen atoms in total. The van der Waals surface area contributed by atoms with Gasteiger partial charge in [0.05, 0.1) is 0 Å². The van der Waals surface area contributed by atoms with E-state index in [4.69, 9.17) is 0 Å². The van der Waals surface area contributed by atoms with Gasteiger partial charge in [0.2, 0.25) is 0 Å². The minimum Gasteiger partial charge on any atom is -0.0845 e. The van der Waals surface area contributed by atoms with Gasteiger partial charge in [-0.3, -0.25) is 0 Å². The van der Waals surface area contributed by atoms with Gasteiger partial charge in [0, 0.05) is 0 Å². The van der Waals surface area contributed by atoms with E-state index in [2.05, 4.69) is 50.3 Å². The number of hydrogen-bond acceptors (Lipinski definition) is 0. The van der Waals surface area contributed by atoms with Crippen LogP contribution in [0.3, 0.4) is 0 Å². The molecule has 0 aromatic rings. The molecule has 0 saturated carbocycles. The highest BCUT2D eigenvalue weighted by atomic mass is 13.9. The molecule has 17 heavy (non-hydrogen) atoms. The van der Waals surface area contributed by atoms with Crippen molar-refractivity contribution in [3.8, 4) is 0 Å². The first-order valence-corrected chi connectivity index (χ1v) is 7.40. The Bertz CT molecular complexity index is 208. The van der Waals surface area contributed by atoms with E-state index < -0.39 is 0 Å². The molecule has 0 radical (unpaired) electrons. The molecule has 0 aliphatic carbocycles. The molecule has 0 atom stereocenters. The average Bonchev–Trinajstić information content (AvgIpc) is 2.35. The van der Waals surface area contributed by atoms with E-state index in [0.717, 1.165) is 0 Å². The SMILES string of the molecule is CCCC/C=C/C=C/C=C\CCCCCCC. The van der Waals surface area contributed by atoms with Gasteiger partial charge in [0.25, 0.3) is 0 Å². The fourth-order valence-electron chi connectivity index (χ4n) is 1.67. The monoisotopic (exact) mass is 234 g/mol. The molecule has 0 saturated heterocycles. The molecule has 0 unspecified atom stereocenters. The van der Waals surface area contributed by atoms with E-state index in [9.17, 15) is 0 Å². The fourth-order valence-corrected chi connectivity index (χ4v) is 1.67. The lowest BCUT2D eigenvalue weighted by molar-refractivity contribution is 0.637. The summed E-state index contributed by atoms with van der Waals surface area (Å²) in [5, 5.41) is 0. The van der Waals surface area contributed by atoms with Crippen LogP contribution in [0.15, 0.2) is 36.5 Å². The number of unbranched alkanes of at least 4 members (excludes halogenated alkanes) is 7. The zero-order valence-corrected chi connectivity index (χ0v) is 11.8. The standard InChI is InChI=1S/C17H30/c1-3-5-7-9-11-13-15-17-16-14-12-10-8-6-4-2/h9,11,13,15-17H,3-8,10,12,14H2,1-2H3/b11-9+,15-13+,17-16-. The highest BCUT2D eigenvalue weighted by Gasteiger charge is 1.85. The third-order valence-corrected chi connectivity index (χ3v) is 2.80. The van der Waals surface area contributed by atoms with Crippen LogP contribution in [-0.4, -0.2) is 0 Å². The maximum absolute atomic E-state index is 2.28. The Hall–Kier alpha value is -0.780. The molecule has 0 heteroatoms. The summed E-state index contributed by atoms with van der Waals surface area (Å²) < 4.78 is 0. The predicted molar refractivity (Wildman–Crippen MR) is 80.3 cm³/mol. The van der Waals surface area contributed by atoms with E-state index >= 15 is 0 Å². The van der Waals surface area contributed by atoms with Crippen molar-refractivity contribution in [2.45, 2.75) is 71.6 Å². The Kier molecular flexibility index (Phi) is 14.5. The molecule has 0 bridgehead atoms. The Morgan fingerprint density at radius 1 is 0.529 bits per heavy atom. The summed E-state index contributed by atoms with van der Waals surface area (Å²) in [6, 6.07) is 0. The summed E-state index contributed by atoms with van der Waals surface area (Å²) in [7, 11) is 0. The third-order valence-electron chi connectivity index (χ3n) is 2.80. The molecular formula is C17H30. The zero-order chi connectivity index (χ0) is 12.6. The molecular weight excluding hydrogens is 204 g/mol. The average molecular weight is 234 g/mol. The maximum atomic E-state index is 2.28. The first kappa shape index (κ1) is 16.2. The Morgan fingerprint density at radius 2 is 1.06 bits per heavy atom. The lowest BCUT2D eigenvalue weighted by atomic mass is 10.1. The number of hydrogen-bond donors (Lipinski definition) is 0. The first-order chi connectivity index (χ1) is 8.41. The smallest absolute Gasteiger partial charge is 0.0348 e. The van der Waals surface area contributed by atoms with Gasteiger partial charge in [-0.15, -0.1) is 0 Å². The molecule has 0 fully saturated rings. The minimum atomic E-state index is 1.21. The van der Waals surface area contributed by atoms with Crippen molar-refractivity contribution in [3.05, 3.63) is 36.5 Å². The van der Waals surface area contributed by atoms with Crippen LogP contribution >= 0.6 is 0 Å². The largest absolute Gasteiger partial charge is 0.0845 e. The molecule has 0 aromatic heterocycles. The second-order valence-corrected chi connectivity index (χ2v) is 4.59. The first-order valence-electron chi connectivity index (χ1n) is 7.40. The van der Waals surface area contributed by atoms with Crippen molar-refractivity contribution < 1.29 is 0 Å². The van der Waals surface area contributed by atoms with E-state index in [-0.39, 0.29) is 0 Å². The topological polar surface area (TPSA) is 0 Å². The summed E-state index contributed by atoms with van der Waals surface area (Å²) >= 11 is 0. The number of allylic oxidation sites excluding steroid dienone is 6. The van der Waals surface area contributed by atoms with Crippen molar-refractivity contribution in [3.63, 3.8) is 0 Å². The molecule has 0 aliphatic rings. The Balaban J connectivity index is 3.28. The molecule has 0 heterocycles. The summed E-state index contributed by atoms with van der Waals surface area (Å²) in [6.45, 7) is 4.49. The van der Waals surface area contributed by atoms with Crippen molar-refractivity contribution in [2.24, 2.45) is 0 Å². The van der Waals surface area contributed by atoms with Gasteiger partial charge < -0.3 is 0 Å². The molecule has 0 spiro atoms. The van der Waals surface area contributed by atoms with Crippen LogP contribution in [0.25, 0.3) is 0 Å². The lowest BCUT2D eigenvalue weighted by Gasteiger charge is -1.95. The van der Waals surface area contributed by atoms with E-state index in [1.807, 2.05) is 0 Å². The molecule has 98 valence electrons. The van der Waals surface area contributed by atoms with Crippen molar-refractivity contribution in [1.82, 2.24) is 0 Å². The fraction of sp³-hybridized carbons (Fsp3) is 0.647. The predicted octanol–water partition coefficient (Wildman–Crippen LogP) is 6.21. The van der Waals surface area contributed by atoms with Gasteiger partial charge in [-0.25, -0.2) is 0 Å². The van der Waals surface area contributed by atoms with Crippen LogP contribution < -0.4 is 0 Å². The maximum Gasteiger partial charge on any atom is -0.0348 e. The lowest BCUT2D eigenvalue weighted by Crippen LogP contribution is -1.75. The molecule has 0 amide bonds. The highest BCUT2D eigenvalue weighted by Crippen LogP contribution is 2.05. The van der Waals surface area contributed by atoms with Crippen LogP contribution in [0.5, 0.6) is 0 Å². The third kappa shape index (κ3) is 15.2. The molecule has 0 aromatic carbocycles. The van der Waals surface area contributed by atoms with Crippen LogP contribution in [0.4, 0.5) is 0 Å². The summed E-state index contributed by atoms with van der Waals surface area (Å²) in [5.41, 5.74) is 0. The highest BCUT2D eigenvalue weighted by molar-refractivity contribution is 5.10. The van der Waals surface area contributed by atoms with Crippen LogP contribution in [0.1, 0.15) is 71.6 Å². The Labute approximate surface area is 109 Å². The quantitative estimate of drug-likeness (QED) is 0.295. The second kappa shape index (κ2) is 15.2. The van der Waals surface area contributed by atoms with E-state index in [0.29, 0.717) is 0 Å². The summed E-state index contributed by atoms with van der Waals surface area (Å²) in [6.07, 6.45) is 25.0. The minimum absolute atomic E-state index is 1.21. The van der Waals surface area contributed by atoms with Gasteiger partial charge in [-0.1, -0.05) is 88.8 Å². The second-order valence-electron chi connectivity index (χ2n) is 4.59. The summed E-state index contributed by atoms with van der Waals surface area (Å²) in [5.74, 6) is 0. The van der Waals surface area contributed by atoms with Gasteiger partial charge in [-0.2, -0.15) is 0 Å². The van der Waals surface area contributed by atoms with E-state index in [1.165, 1.54) is 57.8 Å². The molecule has 0 aliphatic heterocycles. The van der Waals surface area contributed by atoms with Crippen molar-refractivity contribution >= 4 is 0 Å². The van der Waals surface area contributed by atoms with Crippen molar-refractivity contribution in [2.75, 3.05) is 0 Å². The zero-order valence-electron chi connectivity index (χ0n) is 11.8. The molecule has 0 rings (SSSR count). The van der Waals surface area contributed by atoms with Crippen LogP contribution in [-0.2, 0) is 0 Å². The van der Waals surface area contributed by atoms with Gasteiger partial charge in [0.15, 0.2) is 0 Å². The summed E-state index contributed by atoms with van der Waals surface area (Å²) in [4.78, 5) is 0. The van der Waals surface area contributed by atoms with Crippen LogP contribution in [0.2, 0.25) is 0 Å². The van der Waals surface area contributed by atoms with E-state index in [1.54, 1.807) is 0 Å². The number of rotatable bonds is 11. The molecule has 0 N–H and O–H groups in total. The van der Waals surface area contributed by atoms with Gasteiger partial charge in [-0.05, 0) is 19.3 Å². The van der Waals surface area contributed by atoms with Gasteiger partial charge >= 0.3 is 0 Å². The van der Waals surface area contributed by atoms with Gasteiger partial charge in [0.1, 0.15) is 0 Å². The normalized spacial score (nSPS) is 12.4. The van der Waals surface area contributed by atoms with Crippen LogP contribution in [0, 0.1) is 0 Å². The Morgan fingerprint density at radius 3 is 1.65 bits per heavy atom. The van der Waals surface area contributed by atoms with Crippen molar-refractivity contribution in [1.29, 1.82) is 0 Å².